The number of alkyl halides is 1. The van der Waals surface area contributed by atoms with Crippen LogP contribution in [-0.2, 0) is 5.41 Å². The highest BCUT2D eigenvalue weighted by Gasteiger charge is 2.19. The van der Waals surface area contributed by atoms with Crippen molar-refractivity contribution in [1.82, 2.24) is 5.32 Å². The molecule has 3 heteroatoms. The number of nitrogens with one attached hydrogen (secondary N) is 1. The smallest absolute Gasteiger partial charge is 0.123 e. The molecular formula is C11H15BrFN. The van der Waals surface area contributed by atoms with Crippen LogP contribution in [0.4, 0.5) is 4.39 Å². The molecule has 0 bridgehead atoms. The van der Waals surface area contributed by atoms with Crippen LogP contribution in [0.5, 0.6) is 0 Å². The third kappa shape index (κ3) is 3.07. The van der Waals surface area contributed by atoms with Crippen molar-refractivity contribution in [2.75, 3.05) is 12.0 Å². The molecule has 0 saturated heterocycles. The molecule has 0 saturated carbocycles. The van der Waals surface area contributed by atoms with E-state index in [1.54, 1.807) is 0 Å². The zero-order valence-corrected chi connectivity index (χ0v) is 10.1. The lowest BCUT2D eigenvalue weighted by molar-refractivity contribution is 0.489. The van der Waals surface area contributed by atoms with E-state index in [4.69, 9.17) is 0 Å². The van der Waals surface area contributed by atoms with Gasteiger partial charge in [0.25, 0.3) is 0 Å². The average Bonchev–Trinajstić information content (AvgIpc) is 2.16. The standard InChI is InChI=1S/C11H15BrFN/c1-11(2,7-14-8-12)9-3-5-10(13)6-4-9/h3-6,14H,7-8H2,1-2H3. The van der Waals surface area contributed by atoms with Crippen molar-refractivity contribution < 1.29 is 4.39 Å². The Kier molecular flexibility index (Phi) is 4.08. The lowest BCUT2D eigenvalue weighted by Gasteiger charge is -2.25. The van der Waals surface area contributed by atoms with Gasteiger partial charge in [0.15, 0.2) is 0 Å². The number of halogens is 2. The summed E-state index contributed by atoms with van der Waals surface area (Å²) < 4.78 is 12.7. The van der Waals surface area contributed by atoms with Gasteiger partial charge in [0.1, 0.15) is 5.82 Å². The van der Waals surface area contributed by atoms with Crippen LogP contribution in [0.15, 0.2) is 24.3 Å². The van der Waals surface area contributed by atoms with Crippen LogP contribution < -0.4 is 5.32 Å². The fourth-order valence-corrected chi connectivity index (χ4v) is 1.56. The fourth-order valence-electron chi connectivity index (χ4n) is 1.36. The first-order chi connectivity index (χ1) is 6.56. The SMILES string of the molecule is CC(C)(CNCBr)c1ccc(F)cc1. The zero-order chi connectivity index (χ0) is 10.6. The van der Waals surface area contributed by atoms with Crippen molar-refractivity contribution in [3.8, 4) is 0 Å². The summed E-state index contributed by atoms with van der Waals surface area (Å²) in [6, 6.07) is 6.69. The summed E-state index contributed by atoms with van der Waals surface area (Å²) >= 11 is 3.32. The van der Waals surface area contributed by atoms with Gasteiger partial charge in [-0.2, -0.15) is 0 Å². The molecule has 0 fully saturated rings. The Hall–Kier alpha value is -0.410. The van der Waals surface area contributed by atoms with Crippen LogP contribution in [0.25, 0.3) is 0 Å². The van der Waals surface area contributed by atoms with E-state index in [2.05, 4.69) is 35.1 Å². The Morgan fingerprint density at radius 3 is 2.36 bits per heavy atom. The van der Waals surface area contributed by atoms with Gasteiger partial charge < -0.3 is 5.32 Å². The molecule has 1 aromatic carbocycles. The minimum Gasteiger partial charge on any atom is -0.306 e. The Labute approximate surface area is 92.8 Å². The molecule has 1 nitrogen and oxygen atoms in total. The average molecular weight is 260 g/mol. The first-order valence-corrected chi connectivity index (χ1v) is 5.71. The zero-order valence-electron chi connectivity index (χ0n) is 8.48. The maximum atomic E-state index is 12.7. The molecule has 1 rings (SSSR count). The second kappa shape index (κ2) is 4.89. The molecule has 0 amide bonds. The van der Waals surface area contributed by atoms with Gasteiger partial charge in [-0.25, -0.2) is 4.39 Å². The summed E-state index contributed by atoms with van der Waals surface area (Å²) in [4.78, 5) is 0. The van der Waals surface area contributed by atoms with Crippen LogP contribution in [-0.4, -0.2) is 12.0 Å². The minimum atomic E-state index is -0.182. The molecule has 14 heavy (non-hydrogen) atoms. The van der Waals surface area contributed by atoms with Crippen molar-refractivity contribution in [3.63, 3.8) is 0 Å². The molecule has 1 N–H and O–H groups in total. The molecular weight excluding hydrogens is 245 g/mol. The van der Waals surface area contributed by atoms with Gasteiger partial charge in [-0.1, -0.05) is 41.9 Å². The van der Waals surface area contributed by atoms with Crippen LogP contribution >= 0.6 is 15.9 Å². The van der Waals surface area contributed by atoms with Crippen molar-refractivity contribution in [1.29, 1.82) is 0 Å². The Morgan fingerprint density at radius 1 is 1.29 bits per heavy atom. The molecule has 1 aromatic rings. The van der Waals surface area contributed by atoms with Gasteiger partial charge in [0, 0.05) is 12.0 Å². The molecule has 0 atom stereocenters. The third-order valence-electron chi connectivity index (χ3n) is 2.29. The molecule has 0 radical (unpaired) electrons. The molecule has 0 aliphatic heterocycles. The van der Waals surface area contributed by atoms with Crippen LogP contribution in [0.3, 0.4) is 0 Å². The van der Waals surface area contributed by atoms with Gasteiger partial charge >= 0.3 is 0 Å². The Morgan fingerprint density at radius 2 is 1.86 bits per heavy atom. The summed E-state index contributed by atoms with van der Waals surface area (Å²) in [5.74, 6) is -0.182. The maximum absolute atomic E-state index is 12.7. The Balaban J connectivity index is 2.75. The highest BCUT2D eigenvalue weighted by molar-refractivity contribution is 9.09. The van der Waals surface area contributed by atoms with Gasteiger partial charge in [-0.15, -0.1) is 0 Å². The lowest BCUT2D eigenvalue weighted by Crippen LogP contribution is -2.32. The van der Waals surface area contributed by atoms with E-state index < -0.39 is 0 Å². The van der Waals surface area contributed by atoms with E-state index in [0.29, 0.717) is 0 Å². The Bertz CT molecular complexity index is 282. The van der Waals surface area contributed by atoms with Gasteiger partial charge in [0.2, 0.25) is 0 Å². The molecule has 78 valence electrons. The second-order valence-corrected chi connectivity index (χ2v) is 4.51. The van der Waals surface area contributed by atoms with E-state index in [9.17, 15) is 4.39 Å². The predicted octanol–water partition coefficient (Wildman–Crippen LogP) is 3.05. The van der Waals surface area contributed by atoms with E-state index in [1.165, 1.54) is 12.1 Å². The molecule has 0 aromatic heterocycles. The van der Waals surface area contributed by atoms with E-state index >= 15 is 0 Å². The lowest BCUT2D eigenvalue weighted by atomic mass is 9.85. The highest BCUT2D eigenvalue weighted by atomic mass is 79.9. The molecule has 0 spiro atoms. The van der Waals surface area contributed by atoms with E-state index in [-0.39, 0.29) is 11.2 Å². The normalized spacial score (nSPS) is 11.7. The van der Waals surface area contributed by atoms with Crippen LogP contribution in [0, 0.1) is 5.82 Å². The first-order valence-electron chi connectivity index (χ1n) is 4.59. The topological polar surface area (TPSA) is 12.0 Å². The largest absolute Gasteiger partial charge is 0.306 e. The number of benzene rings is 1. The quantitative estimate of drug-likeness (QED) is 0.648. The third-order valence-corrected chi connectivity index (χ3v) is 2.68. The highest BCUT2D eigenvalue weighted by Crippen LogP contribution is 2.22. The fraction of sp³-hybridized carbons (Fsp3) is 0.455. The van der Waals surface area contributed by atoms with Gasteiger partial charge in [-0.3, -0.25) is 0 Å². The molecule has 0 aliphatic rings. The minimum absolute atomic E-state index is 0.0292. The van der Waals surface area contributed by atoms with Gasteiger partial charge in [-0.05, 0) is 17.7 Å². The second-order valence-electron chi connectivity index (χ2n) is 3.95. The predicted molar refractivity (Wildman–Crippen MR) is 61.2 cm³/mol. The van der Waals surface area contributed by atoms with Crippen molar-refractivity contribution >= 4 is 15.9 Å². The summed E-state index contributed by atoms with van der Waals surface area (Å²) in [7, 11) is 0. The number of hydrogen-bond donors (Lipinski definition) is 1. The number of hydrogen-bond acceptors (Lipinski definition) is 1. The van der Waals surface area contributed by atoms with Crippen molar-refractivity contribution in [3.05, 3.63) is 35.6 Å². The maximum Gasteiger partial charge on any atom is 0.123 e. The summed E-state index contributed by atoms with van der Waals surface area (Å²) in [6.45, 7) is 5.13. The summed E-state index contributed by atoms with van der Waals surface area (Å²) in [5.41, 5.74) is 1.95. The molecule has 0 unspecified atom stereocenters. The van der Waals surface area contributed by atoms with Crippen molar-refractivity contribution in [2.24, 2.45) is 0 Å². The molecule has 0 heterocycles. The van der Waals surface area contributed by atoms with Crippen LogP contribution in [0.1, 0.15) is 19.4 Å². The van der Waals surface area contributed by atoms with E-state index in [0.717, 1.165) is 17.6 Å². The van der Waals surface area contributed by atoms with Crippen molar-refractivity contribution in [2.45, 2.75) is 19.3 Å². The van der Waals surface area contributed by atoms with Gasteiger partial charge in [0.05, 0.1) is 5.45 Å². The van der Waals surface area contributed by atoms with Crippen LogP contribution in [0.2, 0.25) is 0 Å². The summed E-state index contributed by atoms with van der Waals surface area (Å²) in [5, 5.41) is 3.22. The van der Waals surface area contributed by atoms with E-state index in [1.807, 2.05) is 12.1 Å². The summed E-state index contributed by atoms with van der Waals surface area (Å²) in [6.07, 6.45) is 0. The number of rotatable bonds is 4. The molecule has 0 aliphatic carbocycles. The first kappa shape index (κ1) is 11.7. The monoisotopic (exact) mass is 259 g/mol.